The van der Waals surface area contributed by atoms with E-state index in [0.29, 0.717) is 12.4 Å². The highest BCUT2D eigenvalue weighted by molar-refractivity contribution is 9.10. The lowest BCUT2D eigenvalue weighted by Gasteiger charge is -2.22. The Labute approximate surface area is 124 Å². The first kappa shape index (κ1) is 14.3. The van der Waals surface area contributed by atoms with Crippen LogP contribution in [0.3, 0.4) is 0 Å². The second-order valence-electron chi connectivity index (χ2n) is 5.21. The molecular formula is C13H16BrN3OS. The Balaban J connectivity index is 2.20. The van der Waals surface area contributed by atoms with Crippen LogP contribution in [0.4, 0.5) is 5.82 Å². The predicted octanol–water partition coefficient (Wildman–Crippen LogP) is 3.43. The van der Waals surface area contributed by atoms with E-state index in [1.54, 1.807) is 28.3 Å². The van der Waals surface area contributed by atoms with E-state index in [1.807, 2.05) is 32.2 Å². The van der Waals surface area contributed by atoms with Crippen molar-refractivity contribution in [1.82, 2.24) is 9.55 Å². The van der Waals surface area contributed by atoms with Crippen LogP contribution < -0.4 is 10.9 Å². The molecule has 0 amide bonds. The zero-order chi connectivity index (χ0) is 14.0. The number of halogens is 1. The Hall–Kier alpha value is -1.14. The minimum atomic E-state index is -0.248. The molecule has 0 radical (unpaired) electrons. The van der Waals surface area contributed by atoms with E-state index >= 15 is 0 Å². The Morgan fingerprint density at radius 2 is 2.21 bits per heavy atom. The number of hydrogen-bond acceptors (Lipinski definition) is 4. The fourth-order valence-electron chi connectivity index (χ4n) is 1.68. The molecule has 19 heavy (non-hydrogen) atoms. The normalized spacial score (nSPS) is 11.6. The van der Waals surface area contributed by atoms with Crippen molar-refractivity contribution in [2.75, 3.05) is 5.32 Å². The standard InChI is InChI=1S/C13H16BrN3OS/c1-13(2,3)17-5-4-15-11(12(17)18)16-7-10-6-9(14)8-19-10/h4-6,8H,7H2,1-3H3,(H,15,16). The van der Waals surface area contributed by atoms with E-state index in [9.17, 15) is 4.79 Å². The van der Waals surface area contributed by atoms with E-state index in [2.05, 4.69) is 26.2 Å². The molecule has 0 unspecified atom stereocenters. The van der Waals surface area contributed by atoms with Crippen LogP contribution in [0, 0.1) is 0 Å². The second-order valence-corrected chi connectivity index (χ2v) is 7.12. The average molecular weight is 342 g/mol. The van der Waals surface area contributed by atoms with Crippen LogP contribution in [-0.4, -0.2) is 9.55 Å². The lowest BCUT2D eigenvalue weighted by Crippen LogP contribution is -2.35. The van der Waals surface area contributed by atoms with Crippen LogP contribution in [0.1, 0.15) is 25.6 Å². The highest BCUT2D eigenvalue weighted by Crippen LogP contribution is 2.20. The molecule has 0 aliphatic rings. The van der Waals surface area contributed by atoms with Crippen LogP contribution >= 0.6 is 27.3 Å². The van der Waals surface area contributed by atoms with Gasteiger partial charge in [0, 0.05) is 32.7 Å². The zero-order valence-electron chi connectivity index (χ0n) is 11.1. The van der Waals surface area contributed by atoms with Crippen molar-refractivity contribution in [3.05, 3.63) is 43.5 Å². The third-order valence-electron chi connectivity index (χ3n) is 2.62. The molecule has 2 aromatic heterocycles. The van der Waals surface area contributed by atoms with Gasteiger partial charge in [0.1, 0.15) is 0 Å². The van der Waals surface area contributed by atoms with Gasteiger partial charge in [0.15, 0.2) is 5.82 Å². The molecule has 0 aliphatic heterocycles. The first-order chi connectivity index (χ1) is 8.88. The number of hydrogen-bond donors (Lipinski definition) is 1. The smallest absolute Gasteiger partial charge is 0.293 e. The summed E-state index contributed by atoms with van der Waals surface area (Å²) in [4.78, 5) is 17.5. The van der Waals surface area contributed by atoms with Crippen LogP contribution in [0.15, 0.2) is 33.1 Å². The molecule has 4 nitrogen and oxygen atoms in total. The molecule has 0 saturated carbocycles. The third-order valence-corrected chi connectivity index (χ3v) is 4.31. The molecule has 0 aliphatic carbocycles. The summed E-state index contributed by atoms with van der Waals surface area (Å²) in [5.74, 6) is 0.391. The van der Waals surface area contributed by atoms with Crippen molar-refractivity contribution < 1.29 is 0 Å². The van der Waals surface area contributed by atoms with E-state index in [0.717, 1.165) is 9.35 Å². The highest BCUT2D eigenvalue weighted by Gasteiger charge is 2.16. The summed E-state index contributed by atoms with van der Waals surface area (Å²) in [6.45, 7) is 6.59. The van der Waals surface area contributed by atoms with Gasteiger partial charge in [-0.2, -0.15) is 0 Å². The molecule has 102 valence electrons. The zero-order valence-corrected chi connectivity index (χ0v) is 13.5. The van der Waals surface area contributed by atoms with Crippen LogP contribution in [0.5, 0.6) is 0 Å². The summed E-state index contributed by atoms with van der Waals surface area (Å²) in [6.07, 6.45) is 3.37. The van der Waals surface area contributed by atoms with Gasteiger partial charge in [-0.3, -0.25) is 4.79 Å². The number of aromatic nitrogens is 2. The average Bonchev–Trinajstić information content (AvgIpc) is 2.72. The summed E-state index contributed by atoms with van der Waals surface area (Å²) in [7, 11) is 0. The first-order valence-corrected chi connectivity index (χ1v) is 7.60. The summed E-state index contributed by atoms with van der Waals surface area (Å²) in [5.41, 5.74) is -0.340. The summed E-state index contributed by atoms with van der Waals surface area (Å²) >= 11 is 5.05. The van der Waals surface area contributed by atoms with Gasteiger partial charge in [0.25, 0.3) is 5.56 Å². The van der Waals surface area contributed by atoms with Crippen molar-refractivity contribution in [3.63, 3.8) is 0 Å². The highest BCUT2D eigenvalue weighted by atomic mass is 79.9. The molecule has 6 heteroatoms. The Morgan fingerprint density at radius 1 is 1.47 bits per heavy atom. The van der Waals surface area contributed by atoms with Gasteiger partial charge in [-0.15, -0.1) is 11.3 Å². The molecule has 2 aromatic rings. The third kappa shape index (κ3) is 3.45. The molecule has 2 rings (SSSR count). The van der Waals surface area contributed by atoms with Crippen molar-refractivity contribution in [2.24, 2.45) is 0 Å². The molecule has 0 atom stereocenters. The molecule has 2 heterocycles. The van der Waals surface area contributed by atoms with Gasteiger partial charge in [-0.05, 0) is 42.8 Å². The Morgan fingerprint density at radius 3 is 2.79 bits per heavy atom. The topological polar surface area (TPSA) is 46.9 Å². The predicted molar refractivity (Wildman–Crippen MR) is 82.8 cm³/mol. The fourth-order valence-corrected chi connectivity index (χ4v) is 3.07. The lowest BCUT2D eigenvalue weighted by atomic mass is 10.1. The van der Waals surface area contributed by atoms with E-state index < -0.39 is 0 Å². The SMILES string of the molecule is CC(C)(C)n1ccnc(NCc2cc(Br)cs2)c1=O. The van der Waals surface area contributed by atoms with E-state index in [-0.39, 0.29) is 11.1 Å². The summed E-state index contributed by atoms with van der Waals surface area (Å²) in [5, 5.41) is 5.12. The number of thiophene rings is 1. The van der Waals surface area contributed by atoms with E-state index in [4.69, 9.17) is 0 Å². The van der Waals surface area contributed by atoms with Crippen LogP contribution in [0.25, 0.3) is 0 Å². The Kier molecular flexibility index (Phi) is 4.10. The maximum Gasteiger partial charge on any atom is 0.293 e. The summed E-state index contributed by atoms with van der Waals surface area (Å²) < 4.78 is 2.74. The van der Waals surface area contributed by atoms with Crippen molar-refractivity contribution in [1.29, 1.82) is 0 Å². The van der Waals surface area contributed by atoms with Gasteiger partial charge >= 0.3 is 0 Å². The van der Waals surface area contributed by atoms with Crippen molar-refractivity contribution in [3.8, 4) is 0 Å². The minimum Gasteiger partial charge on any atom is -0.361 e. The molecule has 0 saturated heterocycles. The first-order valence-electron chi connectivity index (χ1n) is 5.93. The largest absolute Gasteiger partial charge is 0.361 e. The van der Waals surface area contributed by atoms with Gasteiger partial charge in [-0.25, -0.2) is 4.98 Å². The molecule has 0 bridgehead atoms. The number of rotatable bonds is 3. The minimum absolute atomic E-state index is 0.0920. The Bertz CT molecular complexity index is 627. The van der Waals surface area contributed by atoms with E-state index in [1.165, 1.54) is 0 Å². The molecule has 0 fully saturated rings. The van der Waals surface area contributed by atoms with Gasteiger partial charge in [0.2, 0.25) is 0 Å². The lowest BCUT2D eigenvalue weighted by molar-refractivity contribution is 0.383. The molecular weight excluding hydrogens is 326 g/mol. The maximum absolute atomic E-state index is 12.3. The number of anilines is 1. The maximum atomic E-state index is 12.3. The summed E-state index contributed by atoms with van der Waals surface area (Å²) in [6, 6.07) is 2.03. The molecule has 0 aromatic carbocycles. The van der Waals surface area contributed by atoms with Gasteiger partial charge in [0.05, 0.1) is 6.54 Å². The van der Waals surface area contributed by atoms with Crippen molar-refractivity contribution >= 4 is 33.1 Å². The second kappa shape index (κ2) is 5.46. The van der Waals surface area contributed by atoms with Crippen molar-refractivity contribution in [2.45, 2.75) is 32.9 Å². The van der Waals surface area contributed by atoms with Crippen LogP contribution in [0.2, 0.25) is 0 Å². The quantitative estimate of drug-likeness (QED) is 0.930. The monoisotopic (exact) mass is 341 g/mol. The number of nitrogens with zero attached hydrogens (tertiary/aromatic N) is 2. The van der Waals surface area contributed by atoms with Gasteiger partial charge in [-0.1, -0.05) is 0 Å². The molecule has 0 spiro atoms. The molecule has 1 N–H and O–H groups in total. The van der Waals surface area contributed by atoms with Gasteiger partial charge < -0.3 is 9.88 Å². The van der Waals surface area contributed by atoms with Crippen LogP contribution in [-0.2, 0) is 12.1 Å². The number of nitrogens with one attached hydrogen (secondary N) is 1. The fraction of sp³-hybridized carbons (Fsp3) is 0.385.